The number of amides is 1. The van der Waals surface area contributed by atoms with E-state index >= 15 is 0 Å². The van der Waals surface area contributed by atoms with Gasteiger partial charge in [-0.15, -0.1) is 0 Å². The van der Waals surface area contributed by atoms with Crippen molar-refractivity contribution in [1.82, 2.24) is 5.32 Å². The van der Waals surface area contributed by atoms with E-state index in [0.717, 1.165) is 12.5 Å². The van der Waals surface area contributed by atoms with E-state index in [1.165, 1.54) is 18.4 Å². The van der Waals surface area contributed by atoms with Crippen molar-refractivity contribution >= 4 is 5.91 Å². The predicted molar refractivity (Wildman–Crippen MR) is 77.2 cm³/mol. The molecule has 1 amide bonds. The van der Waals surface area contributed by atoms with Gasteiger partial charge in [0.1, 0.15) is 17.4 Å². The maximum absolute atomic E-state index is 14.0. The lowest BCUT2D eigenvalue weighted by Gasteiger charge is -2.19. The molecular weight excluding hydrogens is 288 g/mol. The van der Waals surface area contributed by atoms with E-state index in [1.54, 1.807) is 12.1 Å². The third kappa shape index (κ3) is 2.75. The van der Waals surface area contributed by atoms with Crippen molar-refractivity contribution in [1.29, 1.82) is 0 Å². The molecule has 2 atom stereocenters. The van der Waals surface area contributed by atoms with Crippen LogP contribution in [-0.4, -0.2) is 12.5 Å². The van der Waals surface area contributed by atoms with Crippen LogP contribution in [0, 0.1) is 17.6 Å². The number of benzene rings is 1. The molecule has 0 spiro atoms. The molecule has 1 aromatic heterocycles. The molecule has 0 radical (unpaired) electrons. The predicted octanol–water partition coefficient (Wildman–Crippen LogP) is 3.19. The van der Waals surface area contributed by atoms with Crippen LogP contribution < -0.4 is 5.32 Å². The first-order valence-corrected chi connectivity index (χ1v) is 7.26. The van der Waals surface area contributed by atoms with Gasteiger partial charge in [0.2, 0.25) is 5.91 Å². The molecule has 116 valence electrons. The van der Waals surface area contributed by atoms with Gasteiger partial charge in [0.25, 0.3) is 0 Å². The lowest BCUT2D eigenvalue weighted by molar-refractivity contribution is -0.120. The molecule has 1 aliphatic carbocycles. The SMILES string of the molecule is CC1CC1(CNC(=O)Cc1ccco1)c1ccc(F)cc1F. The van der Waals surface area contributed by atoms with E-state index in [0.29, 0.717) is 17.9 Å². The van der Waals surface area contributed by atoms with Gasteiger partial charge in [-0.25, -0.2) is 8.78 Å². The van der Waals surface area contributed by atoms with Crippen LogP contribution in [0.4, 0.5) is 8.78 Å². The van der Waals surface area contributed by atoms with Crippen LogP contribution in [0.2, 0.25) is 0 Å². The summed E-state index contributed by atoms with van der Waals surface area (Å²) in [5, 5.41) is 2.84. The largest absolute Gasteiger partial charge is 0.469 e. The molecule has 0 bridgehead atoms. The van der Waals surface area contributed by atoms with Crippen molar-refractivity contribution in [2.45, 2.75) is 25.2 Å². The van der Waals surface area contributed by atoms with Gasteiger partial charge in [0, 0.05) is 18.0 Å². The first-order valence-electron chi connectivity index (χ1n) is 7.26. The Hall–Kier alpha value is -2.17. The van der Waals surface area contributed by atoms with Gasteiger partial charge in [-0.3, -0.25) is 4.79 Å². The van der Waals surface area contributed by atoms with Crippen LogP contribution in [0.15, 0.2) is 41.0 Å². The molecule has 1 fully saturated rings. The molecule has 3 rings (SSSR count). The molecule has 5 heteroatoms. The maximum atomic E-state index is 14.0. The zero-order chi connectivity index (χ0) is 15.7. The number of furan rings is 1. The fourth-order valence-electron chi connectivity index (χ4n) is 2.99. The Morgan fingerprint density at radius 1 is 1.41 bits per heavy atom. The number of carbonyl (C=O) groups is 1. The first-order chi connectivity index (χ1) is 10.5. The topological polar surface area (TPSA) is 42.2 Å². The summed E-state index contributed by atoms with van der Waals surface area (Å²) in [6, 6.07) is 7.09. The van der Waals surface area contributed by atoms with Crippen molar-refractivity contribution in [3.05, 3.63) is 59.6 Å². The summed E-state index contributed by atoms with van der Waals surface area (Å²) in [5.74, 6) is -0.480. The summed E-state index contributed by atoms with van der Waals surface area (Å²) in [6.45, 7) is 2.34. The van der Waals surface area contributed by atoms with Crippen LogP contribution in [0.25, 0.3) is 0 Å². The van der Waals surface area contributed by atoms with Crippen LogP contribution in [-0.2, 0) is 16.6 Å². The van der Waals surface area contributed by atoms with Gasteiger partial charge in [0.15, 0.2) is 0 Å². The third-order valence-corrected chi connectivity index (χ3v) is 4.44. The summed E-state index contributed by atoms with van der Waals surface area (Å²) in [5.41, 5.74) is 0.0380. The fourth-order valence-corrected chi connectivity index (χ4v) is 2.99. The number of hydrogen-bond acceptors (Lipinski definition) is 2. The molecule has 1 heterocycles. The van der Waals surface area contributed by atoms with E-state index in [4.69, 9.17) is 4.42 Å². The quantitative estimate of drug-likeness (QED) is 0.922. The molecule has 0 aliphatic heterocycles. The number of hydrogen-bond donors (Lipinski definition) is 1. The van der Waals surface area contributed by atoms with E-state index < -0.39 is 17.0 Å². The second-order valence-corrected chi connectivity index (χ2v) is 5.92. The fraction of sp³-hybridized carbons (Fsp3) is 0.353. The summed E-state index contributed by atoms with van der Waals surface area (Å²) in [4.78, 5) is 11.9. The van der Waals surface area contributed by atoms with Gasteiger partial charge in [-0.1, -0.05) is 13.0 Å². The van der Waals surface area contributed by atoms with Crippen molar-refractivity contribution < 1.29 is 18.0 Å². The minimum atomic E-state index is -0.591. The molecular formula is C17H17F2NO2. The number of nitrogens with one attached hydrogen (secondary N) is 1. The van der Waals surface area contributed by atoms with Crippen LogP contribution >= 0.6 is 0 Å². The van der Waals surface area contributed by atoms with Crippen LogP contribution in [0.3, 0.4) is 0 Å². The lowest BCUT2D eigenvalue weighted by Crippen LogP contribution is -2.34. The second-order valence-electron chi connectivity index (χ2n) is 5.92. The van der Waals surface area contributed by atoms with Crippen molar-refractivity contribution in [2.24, 2.45) is 5.92 Å². The van der Waals surface area contributed by atoms with E-state index in [2.05, 4.69) is 5.32 Å². The number of carbonyl (C=O) groups excluding carboxylic acids is 1. The highest BCUT2D eigenvalue weighted by atomic mass is 19.1. The third-order valence-electron chi connectivity index (χ3n) is 4.44. The molecule has 1 N–H and O–H groups in total. The summed E-state index contributed by atoms with van der Waals surface area (Å²) >= 11 is 0. The van der Waals surface area contributed by atoms with Crippen LogP contribution in [0.5, 0.6) is 0 Å². The molecule has 1 aliphatic rings. The lowest BCUT2D eigenvalue weighted by atomic mass is 9.92. The van der Waals surface area contributed by atoms with Gasteiger partial charge in [0.05, 0.1) is 12.7 Å². The highest BCUT2D eigenvalue weighted by molar-refractivity contribution is 5.78. The Bertz CT molecular complexity index is 684. The Morgan fingerprint density at radius 3 is 2.77 bits per heavy atom. The standard InChI is InChI=1S/C17H17F2NO2/c1-11-9-17(11,14-5-4-12(18)7-15(14)19)10-20-16(21)8-13-3-2-6-22-13/h2-7,11H,8-10H2,1H3,(H,20,21). The first kappa shape index (κ1) is 14.8. The van der Waals surface area contributed by atoms with E-state index in [1.807, 2.05) is 6.92 Å². The average Bonchev–Trinajstić information content (AvgIpc) is 2.86. The molecule has 2 unspecified atom stereocenters. The van der Waals surface area contributed by atoms with Gasteiger partial charge in [-0.2, -0.15) is 0 Å². The van der Waals surface area contributed by atoms with E-state index in [-0.39, 0.29) is 18.2 Å². The Kier molecular flexibility index (Phi) is 3.72. The summed E-state index contributed by atoms with van der Waals surface area (Å²) in [7, 11) is 0. The summed E-state index contributed by atoms with van der Waals surface area (Å²) < 4.78 is 32.2. The van der Waals surface area contributed by atoms with Crippen molar-refractivity contribution in [3.8, 4) is 0 Å². The minimum Gasteiger partial charge on any atom is -0.469 e. The highest BCUT2D eigenvalue weighted by Crippen LogP contribution is 2.54. The Labute approximate surface area is 127 Å². The van der Waals surface area contributed by atoms with Gasteiger partial charge in [-0.05, 0) is 36.1 Å². The molecule has 3 nitrogen and oxygen atoms in total. The Balaban J connectivity index is 1.68. The normalized spacial score (nSPS) is 23.3. The highest BCUT2D eigenvalue weighted by Gasteiger charge is 2.53. The number of halogens is 2. The Morgan fingerprint density at radius 2 is 2.18 bits per heavy atom. The molecule has 22 heavy (non-hydrogen) atoms. The van der Waals surface area contributed by atoms with Crippen molar-refractivity contribution in [3.63, 3.8) is 0 Å². The molecule has 2 aromatic rings. The van der Waals surface area contributed by atoms with E-state index in [9.17, 15) is 13.6 Å². The summed E-state index contributed by atoms with van der Waals surface area (Å²) in [6.07, 6.45) is 2.45. The monoisotopic (exact) mass is 305 g/mol. The second kappa shape index (κ2) is 5.55. The van der Waals surface area contributed by atoms with Crippen molar-refractivity contribution in [2.75, 3.05) is 6.54 Å². The smallest absolute Gasteiger partial charge is 0.227 e. The molecule has 1 aromatic carbocycles. The zero-order valence-electron chi connectivity index (χ0n) is 12.2. The number of rotatable bonds is 5. The minimum absolute atomic E-state index is 0.156. The molecule has 0 saturated heterocycles. The van der Waals surface area contributed by atoms with Gasteiger partial charge < -0.3 is 9.73 Å². The maximum Gasteiger partial charge on any atom is 0.227 e. The van der Waals surface area contributed by atoms with Crippen LogP contribution in [0.1, 0.15) is 24.7 Å². The zero-order valence-corrected chi connectivity index (χ0v) is 12.2. The van der Waals surface area contributed by atoms with Gasteiger partial charge >= 0.3 is 0 Å². The molecule has 1 saturated carbocycles. The average molecular weight is 305 g/mol.